The van der Waals surface area contributed by atoms with Gasteiger partial charge in [-0.05, 0) is 30.0 Å². The van der Waals surface area contributed by atoms with Gasteiger partial charge in [0, 0.05) is 19.3 Å². The standard InChI is InChI=1S/C19H23N3/c1-2-8-17(16-9-4-3-5-10-16)13-20-14-18-15-21-19-11-6-7-12-22(18)19/h3-7,9-12,15,17,20H,2,8,13-14H2,1H3. The van der Waals surface area contributed by atoms with Crippen LogP contribution in [0.1, 0.15) is 36.9 Å². The van der Waals surface area contributed by atoms with Gasteiger partial charge in [-0.15, -0.1) is 0 Å². The summed E-state index contributed by atoms with van der Waals surface area (Å²) in [6.45, 7) is 4.09. The van der Waals surface area contributed by atoms with Crippen molar-refractivity contribution in [2.24, 2.45) is 0 Å². The number of hydrogen-bond donors (Lipinski definition) is 1. The van der Waals surface area contributed by atoms with E-state index in [4.69, 9.17) is 0 Å². The second kappa shape index (κ2) is 7.23. The maximum Gasteiger partial charge on any atom is 0.136 e. The monoisotopic (exact) mass is 293 g/mol. The van der Waals surface area contributed by atoms with Gasteiger partial charge in [0.15, 0.2) is 0 Å². The molecule has 0 spiro atoms. The number of hydrogen-bond acceptors (Lipinski definition) is 2. The summed E-state index contributed by atoms with van der Waals surface area (Å²) in [7, 11) is 0. The lowest BCUT2D eigenvalue weighted by atomic mass is 9.94. The normalized spacial score (nSPS) is 12.6. The van der Waals surface area contributed by atoms with Crippen molar-refractivity contribution >= 4 is 5.65 Å². The molecule has 0 aliphatic rings. The maximum atomic E-state index is 4.43. The third-order valence-electron chi connectivity index (χ3n) is 4.10. The maximum absolute atomic E-state index is 4.43. The van der Waals surface area contributed by atoms with E-state index in [1.807, 2.05) is 24.4 Å². The lowest BCUT2D eigenvalue weighted by Crippen LogP contribution is -2.22. The Morgan fingerprint density at radius 3 is 2.73 bits per heavy atom. The molecule has 0 aliphatic carbocycles. The molecule has 0 saturated carbocycles. The van der Waals surface area contributed by atoms with Crippen LogP contribution in [0.4, 0.5) is 0 Å². The van der Waals surface area contributed by atoms with E-state index in [0.717, 1.165) is 18.7 Å². The summed E-state index contributed by atoms with van der Waals surface area (Å²) in [5, 5.41) is 3.60. The van der Waals surface area contributed by atoms with E-state index in [9.17, 15) is 0 Å². The lowest BCUT2D eigenvalue weighted by Gasteiger charge is -2.17. The highest BCUT2D eigenvalue weighted by Crippen LogP contribution is 2.20. The van der Waals surface area contributed by atoms with Crippen molar-refractivity contribution in [2.45, 2.75) is 32.2 Å². The van der Waals surface area contributed by atoms with Crippen molar-refractivity contribution in [3.8, 4) is 0 Å². The molecule has 3 aromatic rings. The Bertz CT molecular complexity index is 703. The van der Waals surface area contributed by atoms with E-state index < -0.39 is 0 Å². The number of aromatic nitrogens is 2. The largest absolute Gasteiger partial charge is 0.311 e. The van der Waals surface area contributed by atoms with E-state index in [-0.39, 0.29) is 0 Å². The fourth-order valence-electron chi connectivity index (χ4n) is 2.95. The van der Waals surface area contributed by atoms with Crippen LogP contribution in [0, 0.1) is 0 Å². The van der Waals surface area contributed by atoms with Crippen LogP contribution >= 0.6 is 0 Å². The molecule has 1 unspecified atom stereocenters. The molecule has 3 rings (SSSR count). The molecule has 22 heavy (non-hydrogen) atoms. The Hall–Kier alpha value is -2.13. The average Bonchev–Trinajstić information content (AvgIpc) is 2.98. The molecular weight excluding hydrogens is 270 g/mol. The third kappa shape index (κ3) is 3.37. The van der Waals surface area contributed by atoms with Gasteiger partial charge in [-0.25, -0.2) is 4.98 Å². The number of nitrogens with zero attached hydrogens (tertiary/aromatic N) is 2. The minimum Gasteiger partial charge on any atom is -0.311 e. The lowest BCUT2D eigenvalue weighted by molar-refractivity contribution is 0.540. The summed E-state index contributed by atoms with van der Waals surface area (Å²) in [5.74, 6) is 0.574. The van der Waals surface area contributed by atoms with Gasteiger partial charge in [-0.3, -0.25) is 0 Å². The van der Waals surface area contributed by atoms with Crippen molar-refractivity contribution in [2.75, 3.05) is 6.54 Å². The molecule has 2 heterocycles. The van der Waals surface area contributed by atoms with Crippen molar-refractivity contribution in [3.05, 3.63) is 72.2 Å². The number of fused-ring (bicyclic) bond motifs is 1. The quantitative estimate of drug-likeness (QED) is 0.713. The van der Waals surface area contributed by atoms with E-state index >= 15 is 0 Å². The first kappa shape index (κ1) is 14.8. The third-order valence-corrected chi connectivity index (χ3v) is 4.10. The summed E-state index contributed by atoms with van der Waals surface area (Å²) in [6.07, 6.45) is 6.45. The van der Waals surface area contributed by atoms with Crippen molar-refractivity contribution in [3.63, 3.8) is 0 Å². The van der Waals surface area contributed by atoms with Gasteiger partial charge in [0.05, 0.1) is 11.9 Å². The molecular formula is C19H23N3. The molecule has 0 fully saturated rings. The van der Waals surface area contributed by atoms with Crippen molar-refractivity contribution in [1.29, 1.82) is 0 Å². The van der Waals surface area contributed by atoms with Crippen LogP contribution in [0.25, 0.3) is 5.65 Å². The van der Waals surface area contributed by atoms with Crippen LogP contribution in [0.3, 0.4) is 0 Å². The summed E-state index contributed by atoms with van der Waals surface area (Å²) < 4.78 is 2.14. The summed E-state index contributed by atoms with van der Waals surface area (Å²) in [4.78, 5) is 4.43. The van der Waals surface area contributed by atoms with Crippen LogP contribution in [-0.2, 0) is 6.54 Å². The van der Waals surface area contributed by atoms with Gasteiger partial charge in [-0.1, -0.05) is 49.7 Å². The predicted molar refractivity (Wildman–Crippen MR) is 91.0 cm³/mol. The molecule has 0 amide bonds. The second-order valence-electron chi connectivity index (χ2n) is 5.71. The zero-order valence-electron chi connectivity index (χ0n) is 13.1. The number of imidazole rings is 1. The van der Waals surface area contributed by atoms with E-state index in [0.29, 0.717) is 5.92 Å². The van der Waals surface area contributed by atoms with Gasteiger partial charge in [0.25, 0.3) is 0 Å². The Kier molecular flexibility index (Phi) is 4.86. The molecule has 1 atom stereocenters. The van der Waals surface area contributed by atoms with Gasteiger partial charge >= 0.3 is 0 Å². The minimum absolute atomic E-state index is 0.574. The number of pyridine rings is 1. The van der Waals surface area contributed by atoms with Crippen molar-refractivity contribution < 1.29 is 0 Å². The fourth-order valence-corrected chi connectivity index (χ4v) is 2.95. The minimum atomic E-state index is 0.574. The fraction of sp³-hybridized carbons (Fsp3) is 0.316. The highest BCUT2D eigenvalue weighted by Gasteiger charge is 2.10. The number of rotatable bonds is 7. The Morgan fingerprint density at radius 2 is 1.91 bits per heavy atom. The molecule has 1 aromatic carbocycles. The van der Waals surface area contributed by atoms with E-state index in [1.165, 1.54) is 24.1 Å². The molecule has 3 nitrogen and oxygen atoms in total. The zero-order chi connectivity index (χ0) is 15.2. The van der Waals surface area contributed by atoms with Gasteiger partial charge in [0.2, 0.25) is 0 Å². The van der Waals surface area contributed by atoms with Crippen LogP contribution < -0.4 is 5.32 Å². The summed E-state index contributed by atoms with van der Waals surface area (Å²) in [6, 6.07) is 16.9. The summed E-state index contributed by atoms with van der Waals surface area (Å²) >= 11 is 0. The Balaban J connectivity index is 1.63. The highest BCUT2D eigenvalue weighted by atomic mass is 15.0. The van der Waals surface area contributed by atoms with Crippen molar-refractivity contribution in [1.82, 2.24) is 14.7 Å². The zero-order valence-corrected chi connectivity index (χ0v) is 13.1. The first-order chi connectivity index (χ1) is 10.9. The second-order valence-corrected chi connectivity index (χ2v) is 5.71. The van der Waals surface area contributed by atoms with Crippen LogP contribution in [-0.4, -0.2) is 15.9 Å². The van der Waals surface area contributed by atoms with Crippen LogP contribution in [0.5, 0.6) is 0 Å². The molecule has 0 aliphatic heterocycles. The highest BCUT2D eigenvalue weighted by molar-refractivity contribution is 5.39. The Labute approximate surface area is 132 Å². The molecule has 0 bridgehead atoms. The summed E-state index contributed by atoms with van der Waals surface area (Å²) in [5.41, 5.74) is 3.64. The van der Waals surface area contributed by atoms with E-state index in [2.05, 4.69) is 58.2 Å². The first-order valence-corrected chi connectivity index (χ1v) is 8.05. The molecule has 0 radical (unpaired) electrons. The molecule has 1 N–H and O–H groups in total. The molecule has 114 valence electrons. The average molecular weight is 293 g/mol. The predicted octanol–water partition coefficient (Wildman–Crippen LogP) is 4.01. The number of benzene rings is 1. The molecule has 3 heteroatoms. The Morgan fingerprint density at radius 1 is 1.09 bits per heavy atom. The SMILES string of the molecule is CCCC(CNCc1cnc2ccccn12)c1ccccc1. The topological polar surface area (TPSA) is 29.3 Å². The van der Waals surface area contributed by atoms with Gasteiger partial charge < -0.3 is 9.72 Å². The van der Waals surface area contributed by atoms with E-state index in [1.54, 1.807) is 0 Å². The molecule has 0 saturated heterocycles. The smallest absolute Gasteiger partial charge is 0.136 e. The van der Waals surface area contributed by atoms with Crippen LogP contribution in [0.2, 0.25) is 0 Å². The number of nitrogens with one attached hydrogen (secondary N) is 1. The first-order valence-electron chi connectivity index (χ1n) is 8.05. The van der Waals surface area contributed by atoms with Gasteiger partial charge in [-0.2, -0.15) is 0 Å². The van der Waals surface area contributed by atoms with Gasteiger partial charge in [0.1, 0.15) is 5.65 Å². The molecule has 2 aromatic heterocycles. The van der Waals surface area contributed by atoms with Crippen LogP contribution in [0.15, 0.2) is 60.9 Å².